The fourth-order valence-corrected chi connectivity index (χ4v) is 2.02. The summed E-state index contributed by atoms with van der Waals surface area (Å²) in [6.07, 6.45) is -1.04. The Morgan fingerprint density at radius 1 is 1.60 bits per heavy atom. The van der Waals surface area contributed by atoms with Gasteiger partial charge < -0.3 is 25.6 Å². The van der Waals surface area contributed by atoms with Crippen LogP contribution in [-0.2, 0) is 9.47 Å². The lowest BCUT2D eigenvalue weighted by molar-refractivity contribution is -0.383. The number of nitrogens with zero attached hydrogens (tertiary/aromatic N) is 3. The van der Waals surface area contributed by atoms with Crippen molar-refractivity contribution in [3.63, 3.8) is 0 Å². The summed E-state index contributed by atoms with van der Waals surface area (Å²) in [5.41, 5.74) is 5.02. The molecule has 0 unspecified atom stereocenters. The number of aromatic nitrogens is 2. The molecule has 0 aromatic carbocycles. The van der Waals surface area contributed by atoms with Crippen molar-refractivity contribution in [1.29, 1.82) is 0 Å². The van der Waals surface area contributed by atoms with Crippen LogP contribution in [0.15, 0.2) is 6.33 Å². The van der Waals surface area contributed by atoms with E-state index < -0.39 is 35.2 Å². The first kappa shape index (κ1) is 14.4. The zero-order valence-corrected chi connectivity index (χ0v) is 10.9. The molecule has 1 aliphatic rings. The summed E-state index contributed by atoms with van der Waals surface area (Å²) in [6.45, 7) is 1.67. The van der Waals surface area contributed by atoms with E-state index in [-0.39, 0.29) is 11.6 Å². The van der Waals surface area contributed by atoms with Crippen molar-refractivity contribution in [3.8, 4) is 0 Å². The number of ether oxygens (including phenoxy) is 2. The standard InChI is InChI=1S/C10H15N5O5/c1-4-7(16)5(10(19-2)20-4)14-9-6(15(17)18)8(11)12-3-13-9/h3-5,7,10,16H,1-2H3,(H3,11,12,13,14)/t4-,5+,7-,10+/m1/s1. The summed E-state index contributed by atoms with van der Waals surface area (Å²) >= 11 is 0. The molecule has 0 amide bonds. The quantitative estimate of drug-likeness (QED) is 0.492. The Bertz CT molecular complexity index is 513. The van der Waals surface area contributed by atoms with Gasteiger partial charge in [-0.2, -0.15) is 0 Å². The Morgan fingerprint density at radius 2 is 2.30 bits per heavy atom. The number of aliphatic hydroxyl groups is 1. The first-order valence-corrected chi connectivity index (χ1v) is 5.83. The molecule has 10 heteroatoms. The van der Waals surface area contributed by atoms with Crippen molar-refractivity contribution < 1.29 is 19.5 Å². The minimum atomic E-state index is -0.907. The average molecular weight is 285 g/mol. The molecule has 0 saturated carbocycles. The number of hydrogen-bond acceptors (Lipinski definition) is 9. The molecule has 1 saturated heterocycles. The molecule has 4 atom stereocenters. The lowest BCUT2D eigenvalue weighted by atomic mass is 10.1. The summed E-state index contributed by atoms with van der Waals surface area (Å²) in [7, 11) is 1.41. The number of nitro groups is 1. The lowest BCUT2D eigenvalue weighted by Crippen LogP contribution is -2.40. The van der Waals surface area contributed by atoms with Crippen molar-refractivity contribution in [2.75, 3.05) is 18.2 Å². The molecular weight excluding hydrogens is 270 g/mol. The fourth-order valence-electron chi connectivity index (χ4n) is 2.02. The number of nitrogens with one attached hydrogen (secondary N) is 1. The second-order valence-corrected chi connectivity index (χ2v) is 4.32. The Labute approximate surface area is 114 Å². The second-order valence-electron chi connectivity index (χ2n) is 4.32. The van der Waals surface area contributed by atoms with Gasteiger partial charge in [0.25, 0.3) is 0 Å². The zero-order valence-electron chi connectivity index (χ0n) is 10.9. The summed E-state index contributed by atoms with van der Waals surface area (Å²) in [4.78, 5) is 17.7. The molecule has 1 aliphatic heterocycles. The molecule has 0 aliphatic carbocycles. The van der Waals surface area contributed by atoms with Crippen LogP contribution in [0, 0.1) is 10.1 Å². The molecule has 2 rings (SSSR count). The molecule has 4 N–H and O–H groups in total. The van der Waals surface area contributed by atoms with Crippen LogP contribution in [0.3, 0.4) is 0 Å². The number of nitrogens with two attached hydrogens (primary N) is 1. The van der Waals surface area contributed by atoms with Crippen LogP contribution in [0.1, 0.15) is 6.92 Å². The van der Waals surface area contributed by atoms with Crippen molar-refractivity contribution >= 4 is 17.3 Å². The molecule has 1 aromatic heterocycles. The van der Waals surface area contributed by atoms with Crippen LogP contribution in [0.25, 0.3) is 0 Å². The Balaban J connectivity index is 2.30. The third-order valence-electron chi connectivity index (χ3n) is 3.06. The molecule has 0 radical (unpaired) electrons. The summed E-state index contributed by atoms with van der Waals surface area (Å²) in [5.74, 6) is -0.353. The molecule has 1 fully saturated rings. The third kappa shape index (κ3) is 2.48. The maximum absolute atomic E-state index is 11.0. The van der Waals surface area contributed by atoms with Crippen LogP contribution in [0.4, 0.5) is 17.3 Å². The van der Waals surface area contributed by atoms with Gasteiger partial charge in [0.1, 0.15) is 18.5 Å². The van der Waals surface area contributed by atoms with Crippen LogP contribution in [0.5, 0.6) is 0 Å². The van der Waals surface area contributed by atoms with Crippen LogP contribution >= 0.6 is 0 Å². The van der Waals surface area contributed by atoms with Gasteiger partial charge in [0.2, 0.25) is 11.6 Å². The number of nitrogen functional groups attached to an aromatic ring is 1. The highest BCUT2D eigenvalue weighted by molar-refractivity contribution is 5.67. The molecule has 2 heterocycles. The van der Waals surface area contributed by atoms with Gasteiger partial charge in [-0.05, 0) is 6.92 Å². The van der Waals surface area contributed by atoms with Gasteiger partial charge in [-0.15, -0.1) is 0 Å². The first-order valence-electron chi connectivity index (χ1n) is 5.83. The summed E-state index contributed by atoms with van der Waals surface area (Å²) in [5, 5.41) is 23.7. The monoisotopic (exact) mass is 285 g/mol. The second kappa shape index (κ2) is 5.53. The van der Waals surface area contributed by atoms with E-state index in [1.807, 2.05) is 0 Å². The Kier molecular flexibility index (Phi) is 3.97. The summed E-state index contributed by atoms with van der Waals surface area (Å²) < 4.78 is 10.4. The molecule has 20 heavy (non-hydrogen) atoms. The van der Waals surface area contributed by atoms with E-state index in [0.717, 1.165) is 6.33 Å². The molecule has 0 spiro atoms. The first-order chi connectivity index (χ1) is 9.45. The summed E-state index contributed by atoms with van der Waals surface area (Å²) in [6, 6.07) is -0.706. The predicted octanol–water partition coefficient (Wildman–Crippen LogP) is -0.500. The van der Waals surface area contributed by atoms with Crippen LogP contribution in [0.2, 0.25) is 0 Å². The van der Waals surface area contributed by atoms with Gasteiger partial charge in [0, 0.05) is 7.11 Å². The van der Waals surface area contributed by atoms with Crippen molar-refractivity contribution in [1.82, 2.24) is 9.97 Å². The SMILES string of the molecule is CO[C@H]1O[C@H](C)[C@@H](O)[C@@H]1Nc1ncnc(N)c1[N+](=O)[O-]. The van der Waals surface area contributed by atoms with Gasteiger partial charge >= 0.3 is 5.69 Å². The average Bonchev–Trinajstić information content (AvgIpc) is 2.66. The Hall–Kier alpha value is -2.04. The van der Waals surface area contributed by atoms with E-state index in [0.29, 0.717) is 0 Å². The smallest absolute Gasteiger partial charge is 0.352 e. The fraction of sp³-hybridized carbons (Fsp3) is 0.600. The van der Waals surface area contributed by atoms with Crippen LogP contribution in [-0.4, -0.2) is 51.6 Å². The number of methoxy groups -OCH3 is 1. The van der Waals surface area contributed by atoms with Gasteiger partial charge in [-0.3, -0.25) is 10.1 Å². The normalized spacial score (nSPS) is 29.4. The van der Waals surface area contributed by atoms with E-state index in [2.05, 4.69) is 15.3 Å². The molecule has 0 bridgehead atoms. The Morgan fingerprint density at radius 3 is 2.90 bits per heavy atom. The third-order valence-corrected chi connectivity index (χ3v) is 3.06. The highest BCUT2D eigenvalue weighted by atomic mass is 16.7. The van der Waals surface area contributed by atoms with Gasteiger partial charge in [-0.25, -0.2) is 9.97 Å². The largest absolute Gasteiger partial charge is 0.388 e. The number of hydrogen-bond donors (Lipinski definition) is 3. The molecule has 1 aromatic rings. The van der Waals surface area contributed by atoms with Crippen molar-refractivity contribution in [3.05, 3.63) is 16.4 Å². The van der Waals surface area contributed by atoms with E-state index in [1.54, 1.807) is 6.92 Å². The molecule has 110 valence electrons. The lowest BCUT2D eigenvalue weighted by Gasteiger charge is -2.20. The highest BCUT2D eigenvalue weighted by Crippen LogP contribution is 2.30. The number of aliphatic hydroxyl groups excluding tert-OH is 1. The van der Waals surface area contributed by atoms with E-state index >= 15 is 0 Å². The predicted molar refractivity (Wildman–Crippen MR) is 67.9 cm³/mol. The van der Waals surface area contributed by atoms with Gasteiger partial charge in [0.15, 0.2) is 6.29 Å². The number of rotatable bonds is 4. The minimum absolute atomic E-state index is 0.0914. The van der Waals surface area contributed by atoms with Gasteiger partial charge in [-0.1, -0.05) is 0 Å². The topological polar surface area (TPSA) is 146 Å². The van der Waals surface area contributed by atoms with E-state index in [4.69, 9.17) is 15.2 Å². The molecule has 10 nitrogen and oxygen atoms in total. The van der Waals surface area contributed by atoms with Gasteiger partial charge in [0.05, 0.1) is 11.0 Å². The van der Waals surface area contributed by atoms with Crippen molar-refractivity contribution in [2.24, 2.45) is 0 Å². The van der Waals surface area contributed by atoms with Crippen LogP contribution < -0.4 is 11.1 Å². The minimum Gasteiger partial charge on any atom is -0.388 e. The zero-order chi connectivity index (χ0) is 14.9. The van der Waals surface area contributed by atoms with Crippen molar-refractivity contribution in [2.45, 2.75) is 31.5 Å². The highest BCUT2D eigenvalue weighted by Gasteiger charge is 2.43. The maximum Gasteiger partial charge on any atom is 0.352 e. The maximum atomic E-state index is 11.0. The number of anilines is 2. The molecular formula is C10H15N5O5. The van der Waals surface area contributed by atoms with E-state index in [1.165, 1.54) is 7.11 Å². The van der Waals surface area contributed by atoms with E-state index in [9.17, 15) is 15.2 Å².